The van der Waals surface area contributed by atoms with Crippen molar-refractivity contribution in [3.63, 3.8) is 0 Å². The van der Waals surface area contributed by atoms with Gasteiger partial charge in [-0.2, -0.15) is 0 Å². The highest BCUT2D eigenvalue weighted by atomic mass is 32.2. The number of sulfonamides is 1. The van der Waals surface area contributed by atoms with Crippen LogP contribution in [0.3, 0.4) is 0 Å². The molecule has 18 heavy (non-hydrogen) atoms. The molecule has 0 aromatic rings. The lowest BCUT2D eigenvalue weighted by Crippen LogP contribution is -2.45. The number of hydrogen-bond acceptors (Lipinski definition) is 3. The summed E-state index contributed by atoms with van der Waals surface area (Å²) in [7, 11) is -3.12. The molecular formula is C13H26N2O2S. The second-order valence-corrected chi connectivity index (χ2v) is 7.81. The van der Waals surface area contributed by atoms with Crippen molar-refractivity contribution < 1.29 is 8.42 Å². The molecule has 1 aliphatic heterocycles. The van der Waals surface area contributed by atoms with Gasteiger partial charge in [-0.25, -0.2) is 12.7 Å². The lowest BCUT2D eigenvalue weighted by atomic mass is 9.85. The summed E-state index contributed by atoms with van der Waals surface area (Å²) in [6, 6.07) is -0.169. The molecule has 106 valence electrons. The van der Waals surface area contributed by atoms with E-state index >= 15 is 0 Å². The number of nitrogens with zero attached hydrogens (tertiary/aromatic N) is 1. The molecule has 2 aliphatic rings. The normalized spacial score (nSPS) is 26.1. The summed E-state index contributed by atoms with van der Waals surface area (Å²) in [5, 5.41) is 0. The van der Waals surface area contributed by atoms with Crippen molar-refractivity contribution in [2.24, 2.45) is 11.7 Å². The zero-order valence-electron chi connectivity index (χ0n) is 11.2. The third-order valence-electron chi connectivity index (χ3n) is 4.37. The summed E-state index contributed by atoms with van der Waals surface area (Å²) in [6.07, 6.45) is 9.07. The van der Waals surface area contributed by atoms with Crippen LogP contribution < -0.4 is 5.73 Å². The molecule has 0 aromatic carbocycles. The van der Waals surface area contributed by atoms with Crippen molar-refractivity contribution in [3.8, 4) is 0 Å². The van der Waals surface area contributed by atoms with Gasteiger partial charge in [0.2, 0.25) is 10.0 Å². The first-order valence-electron chi connectivity index (χ1n) is 7.33. The molecule has 1 saturated carbocycles. The molecule has 5 heteroatoms. The van der Waals surface area contributed by atoms with Crippen molar-refractivity contribution in [3.05, 3.63) is 0 Å². The number of piperidine rings is 1. The molecule has 2 rings (SSSR count). The van der Waals surface area contributed by atoms with E-state index in [1.165, 1.54) is 19.3 Å². The van der Waals surface area contributed by atoms with E-state index < -0.39 is 10.0 Å². The quantitative estimate of drug-likeness (QED) is 0.849. The molecule has 2 N–H and O–H groups in total. The highest BCUT2D eigenvalue weighted by Crippen LogP contribution is 2.27. The molecule has 1 atom stereocenters. The molecule has 0 bridgehead atoms. The number of nitrogens with two attached hydrogens (primary N) is 1. The molecule has 0 amide bonds. The summed E-state index contributed by atoms with van der Waals surface area (Å²) in [6.45, 7) is 1.39. The van der Waals surface area contributed by atoms with Crippen LogP contribution in [-0.4, -0.2) is 37.6 Å². The van der Waals surface area contributed by atoms with Gasteiger partial charge in [-0.1, -0.05) is 25.7 Å². The van der Waals surface area contributed by atoms with Crippen molar-refractivity contribution in [2.45, 2.75) is 57.4 Å². The van der Waals surface area contributed by atoms with Crippen LogP contribution in [0.2, 0.25) is 0 Å². The second-order valence-electron chi connectivity index (χ2n) is 5.80. The average molecular weight is 274 g/mol. The van der Waals surface area contributed by atoms with Gasteiger partial charge in [0.1, 0.15) is 0 Å². The fraction of sp³-hybridized carbons (Fsp3) is 1.00. The molecule has 0 spiro atoms. The Morgan fingerprint density at radius 3 is 2.17 bits per heavy atom. The smallest absolute Gasteiger partial charge is 0.215 e. The lowest BCUT2D eigenvalue weighted by molar-refractivity contribution is 0.308. The summed E-state index contributed by atoms with van der Waals surface area (Å²) in [5.74, 6) is 0.566. The van der Waals surface area contributed by atoms with Gasteiger partial charge in [0, 0.05) is 19.1 Å². The Balaban J connectivity index is 1.89. The van der Waals surface area contributed by atoms with Crippen LogP contribution >= 0.6 is 0 Å². The van der Waals surface area contributed by atoms with E-state index in [-0.39, 0.29) is 11.8 Å². The molecular weight excluding hydrogens is 248 g/mol. The predicted octanol–water partition coefficient (Wildman–Crippen LogP) is 1.71. The first-order chi connectivity index (χ1) is 8.59. The van der Waals surface area contributed by atoms with E-state index in [0.717, 1.165) is 32.1 Å². The topological polar surface area (TPSA) is 63.4 Å². The zero-order chi connectivity index (χ0) is 13.0. The van der Waals surface area contributed by atoms with Crippen LogP contribution in [0.4, 0.5) is 0 Å². The van der Waals surface area contributed by atoms with Crippen LogP contribution in [0.1, 0.15) is 51.4 Å². The van der Waals surface area contributed by atoms with E-state index in [4.69, 9.17) is 5.73 Å². The van der Waals surface area contributed by atoms with Gasteiger partial charge in [0.25, 0.3) is 0 Å². The largest absolute Gasteiger partial charge is 0.326 e. The Kier molecular flexibility index (Phi) is 5.04. The van der Waals surface area contributed by atoms with E-state index in [9.17, 15) is 8.42 Å². The maximum atomic E-state index is 12.3. The molecule has 1 saturated heterocycles. The van der Waals surface area contributed by atoms with Crippen molar-refractivity contribution >= 4 is 10.0 Å². The fourth-order valence-corrected chi connectivity index (χ4v) is 4.97. The molecule has 0 aromatic heterocycles. The number of hydrogen-bond donors (Lipinski definition) is 1. The van der Waals surface area contributed by atoms with Crippen molar-refractivity contribution in [1.82, 2.24) is 4.31 Å². The van der Waals surface area contributed by atoms with E-state index in [2.05, 4.69) is 0 Å². The van der Waals surface area contributed by atoms with Gasteiger partial charge < -0.3 is 5.73 Å². The first-order valence-corrected chi connectivity index (χ1v) is 8.94. The molecule has 4 nitrogen and oxygen atoms in total. The maximum absolute atomic E-state index is 12.3. The highest BCUT2D eigenvalue weighted by Gasteiger charge is 2.30. The third kappa shape index (κ3) is 3.68. The Bertz CT molecular complexity index is 344. The Morgan fingerprint density at radius 1 is 1.00 bits per heavy atom. The van der Waals surface area contributed by atoms with Crippen molar-refractivity contribution in [2.75, 3.05) is 18.8 Å². The minimum Gasteiger partial charge on any atom is -0.326 e. The summed E-state index contributed by atoms with van der Waals surface area (Å²) >= 11 is 0. The van der Waals surface area contributed by atoms with Crippen LogP contribution in [0.25, 0.3) is 0 Å². The van der Waals surface area contributed by atoms with Crippen LogP contribution in [0, 0.1) is 5.92 Å². The van der Waals surface area contributed by atoms with Gasteiger partial charge in [-0.15, -0.1) is 0 Å². The van der Waals surface area contributed by atoms with Gasteiger partial charge in [-0.05, 0) is 31.6 Å². The SMILES string of the molecule is NC(CS(=O)(=O)N1CCCCC1)C1CCCCC1. The second kappa shape index (κ2) is 6.35. The summed E-state index contributed by atoms with van der Waals surface area (Å²) < 4.78 is 26.2. The van der Waals surface area contributed by atoms with Gasteiger partial charge in [0.15, 0.2) is 0 Å². The van der Waals surface area contributed by atoms with Gasteiger partial charge >= 0.3 is 0 Å². The fourth-order valence-electron chi connectivity index (χ4n) is 3.19. The lowest BCUT2D eigenvalue weighted by Gasteiger charge is -2.31. The van der Waals surface area contributed by atoms with Gasteiger partial charge in [-0.3, -0.25) is 0 Å². The minimum atomic E-state index is -3.12. The zero-order valence-corrected chi connectivity index (χ0v) is 12.0. The molecule has 2 fully saturated rings. The highest BCUT2D eigenvalue weighted by molar-refractivity contribution is 7.89. The third-order valence-corrected chi connectivity index (χ3v) is 6.32. The van der Waals surface area contributed by atoms with E-state index in [1.54, 1.807) is 4.31 Å². The maximum Gasteiger partial charge on any atom is 0.215 e. The Morgan fingerprint density at radius 2 is 1.56 bits per heavy atom. The number of rotatable bonds is 4. The molecule has 1 heterocycles. The summed E-state index contributed by atoms with van der Waals surface area (Å²) in [4.78, 5) is 0. The Hall–Kier alpha value is -0.130. The average Bonchev–Trinajstić information content (AvgIpc) is 2.40. The van der Waals surface area contributed by atoms with E-state index in [1.807, 2.05) is 0 Å². The molecule has 1 aliphatic carbocycles. The predicted molar refractivity (Wildman–Crippen MR) is 73.8 cm³/mol. The standard InChI is InChI=1S/C13H26N2O2S/c14-13(12-7-3-1-4-8-12)11-18(16,17)15-9-5-2-6-10-15/h12-13H,1-11,14H2. The van der Waals surface area contributed by atoms with E-state index in [0.29, 0.717) is 19.0 Å². The molecule has 1 unspecified atom stereocenters. The molecule has 0 radical (unpaired) electrons. The van der Waals surface area contributed by atoms with Crippen LogP contribution in [0.5, 0.6) is 0 Å². The van der Waals surface area contributed by atoms with Crippen molar-refractivity contribution in [1.29, 1.82) is 0 Å². The monoisotopic (exact) mass is 274 g/mol. The van der Waals surface area contributed by atoms with Crippen LogP contribution in [-0.2, 0) is 10.0 Å². The van der Waals surface area contributed by atoms with Crippen LogP contribution in [0.15, 0.2) is 0 Å². The first kappa shape index (κ1) is 14.3. The van der Waals surface area contributed by atoms with Gasteiger partial charge in [0.05, 0.1) is 5.75 Å². The Labute approximate surface area is 111 Å². The minimum absolute atomic E-state index is 0.150. The summed E-state index contributed by atoms with van der Waals surface area (Å²) in [5.41, 5.74) is 6.14.